The molecule has 2 aliphatic rings. The summed E-state index contributed by atoms with van der Waals surface area (Å²) in [5, 5.41) is 42.1. The number of carboxylic acids is 1. The average molecular weight is 383 g/mol. The Labute approximate surface area is 154 Å². The summed E-state index contributed by atoms with van der Waals surface area (Å²) in [5.41, 5.74) is -8.22. The minimum Gasteiger partial charge on any atom is -0.480 e. The zero-order valence-corrected chi connectivity index (χ0v) is 14.9. The average Bonchev–Trinajstić information content (AvgIpc) is 2.85. The van der Waals surface area contributed by atoms with Crippen molar-refractivity contribution < 1.29 is 44.3 Å². The zero-order chi connectivity index (χ0) is 20.8. The van der Waals surface area contributed by atoms with E-state index in [0.717, 1.165) is 27.0 Å². The summed E-state index contributed by atoms with van der Waals surface area (Å²) in [6.07, 6.45) is -2.85. The predicted molar refractivity (Wildman–Crippen MR) is 88.9 cm³/mol. The number of aliphatic hydroxyl groups is 3. The van der Waals surface area contributed by atoms with Crippen molar-refractivity contribution in [1.82, 2.24) is 0 Å². The van der Waals surface area contributed by atoms with Gasteiger partial charge in [0.15, 0.2) is 28.6 Å². The molecular formula is C17H21NO9. The van der Waals surface area contributed by atoms with E-state index in [1.807, 2.05) is 0 Å². The normalized spacial score (nSPS) is 39.2. The van der Waals surface area contributed by atoms with Crippen LogP contribution in [0, 0.1) is 5.41 Å². The van der Waals surface area contributed by atoms with Crippen LogP contribution >= 0.6 is 0 Å². The highest BCUT2D eigenvalue weighted by atomic mass is 16.6. The minimum absolute atomic E-state index is 0.275. The topological polar surface area (TPSA) is 171 Å². The number of aliphatic imine (C=N–C) groups is 1. The summed E-state index contributed by atoms with van der Waals surface area (Å²) < 4.78 is 5.42. The number of Topliss-reactive ketones (excluding diaryl/α,β-unsaturated/α-hetero) is 3. The molecule has 2 rings (SSSR count). The van der Waals surface area contributed by atoms with Crippen LogP contribution in [0.2, 0.25) is 0 Å². The number of carboxylic acid groups (broad SMARTS) is 1. The quantitative estimate of drug-likeness (QED) is 0.422. The standard InChI is InChI=1S/C17H21NO9/c1-8(19)11(22)12-16(25,9(2)20)17(26,10(3)21)13(27-12)15(14(23)24)5-4-6-18-7-15/h4,6-7,11-13,22,25-26H,5H2,1-3H3,(H,23,24)/t11?,12-,13+,15+,16-,17+/m1/s1. The summed E-state index contributed by atoms with van der Waals surface area (Å²) in [4.78, 5) is 52.1. The summed E-state index contributed by atoms with van der Waals surface area (Å²) in [7, 11) is 0. The third kappa shape index (κ3) is 2.67. The number of carbonyl (C=O) groups is 4. The molecule has 27 heavy (non-hydrogen) atoms. The fraction of sp³-hybridized carbons (Fsp3) is 0.588. The third-order valence-corrected chi connectivity index (χ3v) is 5.25. The molecule has 0 radical (unpaired) electrons. The lowest BCUT2D eigenvalue weighted by atomic mass is 9.64. The molecule has 0 aromatic carbocycles. The number of aliphatic carboxylic acids is 1. The Morgan fingerprint density at radius 3 is 2.04 bits per heavy atom. The lowest BCUT2D eigenvalue weighted by molar-refractivity contribution is -0.185. The first-order chi connectivity index (χ1) is 12.4. The summed E-state index contributed by atoms with van der Waals surface area (Å²) >= 11 is 0. The van der Waals surface area contributed by atoms with Crippen molar-refractivity contribution in [1.29, 1.82) is 0 Å². The first-order valence-electron chi connectivity index (χ1n) is 8.11. The predicted octanol–water partition coefficient (Wildman–Crippen LogP) is -1.60. The van der Waals surface area contributed by atoms with Gasteiger partial charge in [-0.15, -0.1) is 0 Å². The molecule has 0 amide bonds. The maximum atomic E-state index is 12.4. The second-order valence-corrected chi connectivity index (χ2v) is 6.85. The second kappa shape index (κ2) is 6.71. The van der Waals surface area contributed by atoms with Crippen molar-refractivity contribution in [3.63, 3.8) is 0 Å². The van der Waals surface area contributed by atoms with Gasteiger partial charge in [0.05, 0.1) is 0 Å². The highest BCUT2D eigenvalue weighted by Crippen LogP contribution is 2.50. The summed E-state index contributed by atoms with van der Waals surface area (Å²) in [6, 6.07) is 0. The fourth-order valence-corrected chi connectivity index (χ4v) is 3.66. The Morgan fingerprint density at radius 2 is 1.67 bits per heavy atom. The van der Waals surface area contributed by atoms with Crippen LogP contribution in [-0.2, 0) is 23.9 Å². The van der Waals surface area contributed by atoms with Gasteiger partial charge in [0.25, 0.3) is 0 Å². The van der Waals surface area contributed by atoms with E-state index in [1.165, 1.54) is 12.3 Å². The molecule has 1 fully saturated rings. The highest BCUT2D eigenvalue weighted by molar-refractivity contribution is 6.03. The molecule has 10 heteroatoms. The van der Waals surface area contributed by atoms with Gasteiger partial charge < -0.3 is 25.2 Å². The molecule has 0 aliphatic carbocycles. The minimum atomic E-state index is -3.05. The highest BCUT2D eigenvalue weighted by Gasteiger charge is 2.77. The van der Waals surface area contributed by atoms with Crippen LogP contribution < -0.4 is 0 Å². The van der Waals surface area contributed by atoms with Crippen LogP contribution in [0.25, 0.3) is 0 Å². The third-order valence-electron chi connectivity index (χ3n) is 5.25. The number of rotatable bonds is 6. The van der Waals surface area contributed by atoms with Gasteiger partial charge in [-0.1, -0.05) is 6.08 Å². The van der Waals surface area contributed by atoms with Crippen LogP contribution in [0.1, 0.15) is 27.2 Å². The Morgan fingerprint density at radius 1 is 1.11 bits per heavy atom. The molecular weight excluding hydrogens is 362 g/mol. The molecule has 0 bridgehead atoms. The Balaban J connectivity index is 2.78. The molecule has 4 N–H and O–H groups in total. The monoisotopic (exact) mass is 383 g/mol. The van der Waals surface area contributed by atoms with Crippen LogP contribution in [0.15, 0.2) is 17.3 Å². The SMILES string of the molecule is CC(=O)C(O)[C@H]1O[C@@H]([C@@]2(C(=O)O)C=NC=CC2)[C@@](O)(C(C)=O)[C@@]1(O)C(C)=O. The van der Waals surface area contributed by atoms with Gasteiger partial charge in [-0.25, -0.2) is 0 Å². The van der Waals surface area contributed by atoms with Crippen molar-refractivity contribution in [3.8, 4) is 0 Å². The Bertz CT molecular complexity index is 760. The van der Waals surface area contributed by atoms with Crippen molar-refractivity contribution >= 4 is 29.5 Å². The van der Waals surface area contributed by atoms with Gasteiger partial charge in [0.1, 0.15) is 23.7 Å². The zero-order valence-electron chi connectivity index (χ0n) is 14.9. The molecule has 2 aliphatic heterocycles. The molecule has 0 saturated carbocycles. The molecule has 10 nitrogen and oxygen atoms in total. The van der Waals surface area contributed by atoms with Gasteiger partial charge in [-0.05, 0) is 27.2 Å². The number of ketones is 3. The molecule has 1 saturated heterocycles. The number of nitrogens with zero attached hydrogens (tertiary/aromatic N) is 1. The van der Waals surface area contributed by atoms with E-state index in [4.69, 9.17) is 4.74 Å². The number of hydrogen-bond acceptors (Lipinski definition) is 9. The van der Waals surface area contributed by atoms with Crippen molar-refractivity contribution in [2.45, 2.75) is 56.7 Å². The molecule has 0 aromatic rings. The number of hydrogen-bond donors (Lipinski definition) is 4. The molecule has 0 spiro atoms. The van der Waals surface area contributed by atoms with Gasteiger partial charge in [-0.3, -0.25) is 24.2 Å². The van der Waals surface area contributed by atoms with E-state index in [1.54, 1.807) is 0 Å². The van der Waals surface area contributed by atoms with Gasteiger partial charge in [0, 0.05) is 12.4 Å². The van der Waals surface area contributed by atoms with E-state index in [2.05, 4.69) is 4.99 Å². The lowest BCUT2D eigenvalue weighted by Gasteiger charge is -2.42. The lowest BCUT2D eigenvalue weighted by Crippen LogP contribution is -2.71. The van der Waals surface area contributed by atoms with E-state index in [0.29, 0.717) is 0 Å². The first-order valence-corrected chi connectivity index (χ1v) is 8.11. The van der Waals surface area contributed by atoms with Gasteiger partial charge in [0.2, 0.25) is 0 Å². The van der Waals surface area contributed by atoms with Crippen molar-refractivity contribution in [2.75, 3.05) is 0 Å². The first kappa shape index (κ1) is 21.0. The van der Waals surface area contributed by atoms with E-state index >= 15 is 0 Å². The Hall–Kier alpha value is -2.27. The van der Waals surface area contributed by atoms with E-state index in [9.17, 15) is 39.6 Å². The second-order valence-electron chi connectivity index (χ2n) is 6.85. The van der Waals surface area contributed by atoms with E-state index in [-0.39, 0.29) is 6.42 Å². The Kier molecular flexibility index (Phi) is 5.23. The molecule has 0 aromatic heterocycles. The number of carbonyl (C=O) groups excluding carboxylic acids is 3. The summed E-state index contributed by atoms with van der Waals surface area (Å²) in [5.74, 6) is -4.78. The smallest absolute Gasteiger partial charge is 0.318 e. The van der Waals surface area contributed by atoms with Crippen LogP contribution in [0.4, 0.5) is 0 Å². The number of aliphatic hydroxyl groups excluding tert-OH is 1. The largest absolute Gasteiger partial charge is 0.480 e. The maximum absolute atomic E-state index is 12.4. The van der Waals surface area contributed by atoms with Crippen molar-refractivity contribution in [2.24, 2.45) is 10.4 Å². The summed E-state index contributed by atoms with van der Waals surface area (Å²) in [6.45, 7) is 2.63. The maximum Gasteiger partial charge on any atom is 0.318 e. The van der Waals surface area contributed by atoms with Crippen LogP contribution in [-0.4, -0.2) is 79.5 Å². The number of allylic oxidation sites excluding steroid dienone is 1. The van der Waals surface area contributed by atoms with Gasteiger partial charge in [-0.2, -0.15) is 0 Å². The molecule has 148 valence electrons. The molecule has 1 unspecified atom stereocenters. The molecule has 2 heterocycles. The molecule has 6 atom stereocenters. The van der Waals surface area contributed by atoms with Crippen molar-refractivity contribution in [3.05, 3.63) is 12.3 Å². The van der Waals surface area contributed by atoms with Crippen LogP contribution in [0.3, 0.4) is 0 Å². The van der Waals surface area contributed by atoms with Crippen LogP contribution in [0.5, 0.6) is 0 Å². The van der Waals surface area contributed by atoms with Gasteiger partial charge >= 0.3 is 5.97 Å². The van der Waals surface area contributed by atoms with E-state index < -0.39 is 58.2 Å². The number of ether oxygens (including phenoxy) is 1. The fourth-order valence-electron chi connectivity index (χ4n) is 3.66.